The zero-order valence-corrected chi connectivity index (χ0v) is 14.6. The van der Waals surface area contributed by atoms with E-state index in [1.54, 1.807) is 0 Å². The number of nitrogens with two attached hydrogens (primary N) is 1. The van der Waals surface area contributed by atoms with Crippen molar-refractivity contribution < 1.29 is 9.09 Å². The van der Waals surface area contributed by atoms with Crippen LogP contribution in [-0.2, 0) is 26.5 Å². The Balaban J connectivity index is 3.70. The normalized spacial score (nSPS) is 13.5. The molecular formula is C16H27NO2P+. The van der Waals surface area contributed by atoms with E-state index in [2.05, 4.69) is 53.7 Å². The molecule has 20 heavy (non-hydrogen) atoms. The molecule has 2 N–H and O–H groups in total. The Morgan fingerprint density at radius 2 is 1.65 bits per heavy atom. The van der Waals surface area contributed by atoms with Gasteiger partial charge in [-0.05, 0) is 27.0 Å². The van der Waals surface area contributed by atoms with Crippen LogP contribution in [0.15, 0.2) is 12.1 Å². The van der Waals surface area contributed by atoms with Gasteiger partial charge in [0.2, 0.25) is 5.30 Å². The summed E-state index contributed by atoms with van der Waals surface area (Å²) in [5.41, 5.74) is 9.00. The summed E-state index contributed by atoms with van der Waals surface area (Å²) in [7, 11) is -0.388. The van der Waals surface area contributed by atoms with Crippen LogP contribution in [0.25, 0.3) is 0 Å². The van der Waals surface area contributed by atoms with E-state index in [0.717, 1.165) is 16.4 Å². The van der Waals surface area contributed by atoms with Gasteiger partial charge in [-0.1, -0.05) is 47.6 Å². The van der Waals surface area contributed by atoms with Gasteiger partial charge in [0.15, 0.2) is 0 Å². The van der Waals surface area contributed by atoms with E-state index in [9.17, 15) is 4.57 Å². The number of benzene rings is 1. The van der Waals surface area contributed by atoms with Gasteiger partial charge in [-0.25, -0.2) is 0 Å². The monoisotopic (exact) mass is 296 g/mol. The van der Waals surface area contributed by atoms with Crippen LogP contribution in [0.3, 0.4) is 0 Å². The van der Waals surface area contributed by atoms with Crippen molar-refractivity contribution in [1.82, 2.24) is 0 Å². The van der Waals surface area contributed by atoms with E-state index >= 15 is 0 Å². The summed E-state index contributed by atoms with van der Waals surface area (Å²) in [6.07, 6.45) is 0. The van der Waals surface area contributed by atoms with Crippen molar-refractivity contribution in [2.75, 3.05) is 7.11 Å². The lowest BCUT2D eigenvalue weighted by Crippen LogP contribution is -2.27. The molecule has 0 heterocycles. The van der Waals surface area contributed by atoms with Crippen LogP contribution in [0, 0.1) is 0 Å². The molecule has 1 aromatic rings. The SMILES string of the molecule is CO[P+](=O)c1c(CN)cc(C(C)(C)C)cc1C(C)(C)C. The predicted octanol–water partition coefficient (Wildman–Crippen LogP) is 3.75. The average Bonchev–Trinajstić information content (AvgIpc) is 2.33. The Morgan fingerprint density at radius 3 is 2.00 bits per heavy atom. The molecule has 0 fully saturated rings. The maximum absolute atomic E-state index is 12.3. The second kappa shape index (κ2) is 5.93. The van der Waals surface area contributed by atoms with Crippen LogP contribution >= 0.6 is 8.03 Å². The number of rotatable bonds is 3. The topological polar surface area (TPSA) is 52.3 Å². The highest BCUT2D eigenvalue weighted by Crippen LogP contribution is 2.35. The van der Waals surface area contributed by atoms with Gasteiger partial charge in [0.05, 0.1) is 7.11 Å². The van der Waals surface area contributed by atoms with Gasteiger partial charge in [0, 0.05) is 17.7 Å². The first-order valence-electron chi connectivity index (χ1n) is 6.91. The van der Waals surface area contributed by atoms with Crippen LogP contribution in [0.1, 0.15) is 58.2 Å². The maximum Gasteiger partial charge on any atom is 0.549 e. The summed E-state index contributed by atoms with van der Waals surface area (Å²) in [4.78, 5) is 0. The zero-order chi connectivity index (χ0) is 15.7. The van der Waals surface area contributed by atoms with Crippen molar-refractivity contribution >= 4 is 13.3 Å². The van der Waals surface area contributed by atoms with Crippen molar-refractivity contribution in [3.63, 3.8) is 0 Å². The molecule has 0 amide bonds. The Labute approximate surface area is 123 Å². The second-order valence-electron chi connectivity index (χ2n) is 7.18. The summed E-state index contributed by atoms with van der Waals surface area (Å²) >= 11 is 0. The molecule has 1 aromatic carbocycles. The van der Waals surface area contributed by atoms with Crippen molar-refractivity contribution in [2.45, 2.75) is 58.9 Å². The van der Waals surface area contributed by atoms with Crippen LogP contribution < -0.4 is 11.0 Å². The minimum atomic E-state index is -1.86. The minimum Gasteiger partial charge on any atom is -0.326 e. The third kappa shape index (κ3) is 3.66. The van der Waals surface area contributed by atoms with Gasteiger partial charge in [-0.2, -0.15) is 0 Å². The molecule has 4 heteroatoms. The molecule has 0 radical (unpaired) electrons. The molecule has 0 saturated carbocycles. The third-order valence-corrected chi connectivity index (χ3v) is 4.66. The van der Waals surface area contributed by atoms with Crippen molar-refractivity contribution in [1.29, 1.82) is 0 Å². The fourth-order valence-corrected chi connectivity index (χ4v) is 3.33. The Hall–Kier alpha value is -0.760. The summed E-state index contributed by atoms with van der Waals surface area (Å²) in [5, 5.41) is 0.769. The highest BCUT2D eigenvalue weighted by molar-refractivity contribution is 7.48. The predicted molar refractivity (Wildman–Crippen MR) is 86.0 cm³/mol. The van der Waals surface area contributed by atoms with Crippen LogP contribution in [0.4, 0.5) is 0 Å². The molecule has 1 unspecified atom stereocenters. The summed E-state index contributed by atoms with van der Waals surface area (Å²) in [5.74, 6) is 0. The molecule has 3 nitrogen and oxygen atoms in total. The van der Waals surface area contributed by atoms with E-state index in [4.69, 9.17) is 10.3 Å². The first-order valence-corrected chi connectivity index (χ1v) is 8.09. The molecule has 0 spiro atoms. The molecule has 1 rings (SSSR count). The lowest BCUT2D eigenvalue weighted by atomic mass is 9.79. The highest BCUT2D eigenvalue weighted by Gasteiger charge is 2.35. The Morgan fingerprint density at radius 1 is 1.10 bits per heavy atom. The average molecular weight is 296 g/mol. The maximum atomic E-state index is 12.3. The van der Waals surface area contributed by atoms with Crippen molar-refractivity contribution in [2.24, 2.45) is 5.73 Å². The fourth-order valence-electron chi connectivity index (χ4n) is 2.16. The van der Waals surface area contributed by atoms with Gasteiger partial charge < -0.3 is 5.73 Å². The first-order chi connectivity index (χ1) is 9.02. The van der Waals surface area contributed by atoms with Crippen LogP contribution in [0.5, 0.6) is 0 Å². The lowest BCUT2D eigenvalue weighted by molar-refractivity contribution is 0.422. The van der Waals surface area contributed by atoms with Gasteiger partial charge in [0.1, 0.15) is 0 Å². The Kier molecular flexibility index (Phi) is 5.13. The van der Waals surface area contributed by atoms with E-state index in [0.29, 0.717) is 6.54 Å². The van der Waals surface area contributed by atoms with Crippen molar-refractivity contribution in [3.05, 3.63) is 28.8 Å². The van der Waals surface area contributed by atoms with Gasteiger partial charge in [-0.15, -0.1) is 4.52 Å². The quantitative estimate of drug-likeness (QED) is 0.864. The molecule has 0 bridgehead atoms. The molecule has 0 aromatic heterocycles. The third-order valence-electron chi connectivity index (χ3n) is 3.43. The number of hydrogen-bond donors (Lipinski definition) is 1. The van der Waals surface area contributed by atoms with Gasteiger partial charge >= 0.3 is 8.03 Å². The summed E-state index contributed by atoms with van der Waals surface area (Å²) < 4.78 is 17.4. The molecule has 1 atom stereocenters. The summed E-state index contributed by atoms with van der Waals surface area (Å²) in [6.45, 7) is 13.3. The second-order valence-corrected chi connectivity index (χ2v) is 8.50. The largest absolute Gasteiger partial charge is 0.549 e. The van der Waals surface area contributed by atoms with Crippen LogP contribution in [0.2, 0.25) is 0 Å². The molecule has 0 aliphatic carbocycles. The minimum absolute atomic E-state index is 0.0289. The van der Waals surface area contributed by atoms with E-state index in [-0.39, 0.29) is 10.8 Å². The fraction of sp³-hybridized carbons (Fsp3) is 0.625. The van der Waals surface area contributed by atoms with Crippen LogP contribution in [-0.4, -0.2) is 7.11 Å². The Bertz CT molecular complexity index is 510. The number of hydrogen-bond acceptors (Lipinski definition) is 3. The smallest absolute Gasteiger partial charge is 0.326 e. The standard InChI is InChI=1S/C16H27NO2P/c1-15(2,3)12-8-11(10-17)14(20(18)19-7)13(9-12)16(4,5)6/h8-9H,10,17H2,1-7H3/q+1. The molecule has 0 saturated heterocycles. The zero-order valence-electron chi connectivity index (χ0n) is 13.7. The lowest BCUT2D eigenvalue weighted by Gasteiger charge is -2.26. The highest BCUT2D eigenvalue weighted by atomic mass is 31.1. The summed E-state index contributed by atoms with van der Waals surface area (Å²) in [6, 6.07) is 4.22. The first kappa shape index (κ1) is 17.3. The molecule has 112 valence electrons. The molecular weight excluding hydrogens is 269 g/mol. The van der Waals surface area contributed by atoms with E-state index < -0.39 is 8.03 Å². The van der Waals surface area contributed by atoms with E-state index in [1.165, 1.54) is 12.7 Å². The van der Waals surface area contributed by atoms with Crippen molar-refractivity contribution in [3.8, 4) is 0 Å². The molecule has 0 aliphatic heterocycles. The van der Waals surface area contributed by atoms with E-state index in [1.807, 2.05) is 0 Å². The van der Waals surface area contributed by atoms with Gasteiger partial charge in [0.25, 0.3) is 0 Å². The molecule has 0 aliphatic rings. The van der Waals surface area contributed by atoms with Gasteiger partial charge in [-0.3, -0.25) is 0 Å².